The molecule has 11 heteroatoms. The van der Waals surface area contributed by atoms with Crippen LogP contribution in [0.3, 0.4) is 0 Å². The fraction of sp³-hybridized carbons (Fsp3) is 0.444. The second-order valence-corrected chi connectivity index (χ2v) is 11.9. The molecule has 2 N–H and O–H groups in total. The van der Waals surface area contributed by atoms with Gasteiger partial charge in [0.15, 0.2) is 0 Å². The molecule has 2 amide bonds. The summed E-state index contributed by atoms with van der Waals surface area (Å²) in [6.07, 6.45) is 0.778. The molecule has 1 aromatic heterocycles. The number of urea groups is 1. The Hall–Kier alpha value is -3.28. The van der Waals surface area contributed by atoms with Crippen molar-refractivity contribution in [3.8, 4) is 11.5 Å². The summed E-state index contributed by atoms with van der Waals surface area (Å²) in [5.74, 6) is 1.16. The molecule has 5 rings (SSSR count). The zero-order chi connectivity index (χ0) is 27.2. The van der Waals surface area contributed by atoms with Gasteiger partial charge in [-0.05, 0) is 36.2 Å². The number of nitrogens with one attached hydrogen (secondary N) is 1. The van der Waals surface area contributed by atoms with Crippen LogP contribution in [0.4, 0.5) is 4.79 Å². The maximum atomic E-state index is 13.6. The van der Waals surface area contributed by atoms with Crippen LogP contribution >= 0.6 is 0 Å². The lowest BCUT2D eigenvalue weighted by molar-refractivity contribution is 0.0494. The Balaban J connectivity index is 1.61. The lowest BCUT2D eigenvalue weighted by Crippen LogP contribution is -2.68. The van der Waals surface area contributed by atoms with Gasteiger partial charge in [-0.2, -0.15) is 4.31 Å². The average Bonchev–Trinajstić information content (AvgIpc) is 3.21. The molecule has 1 fully saturated rings. The largest absolute Gasteiger partial charge is 0.497 e. The maximum Gasteiger partial charge on any atom is 0.318 e. The van der Waals surface area contributed by atoms with Crippen LogP contribution in [-0.4, -0.2) is 80.3 Å². The molecule has 3 aromatic rings. The van der Waals surface area contributed by atoms with Gasteiger partial charge in [0.1, 0.15) is 11.5 Å². The van der Waals surface area contributed by atoms with E-state index in [1.165, 1.54) is 17.5 Å². The molecule has 0 unspecified atom stereocenters. The van der Waals surface area contributed by atoms with E-state index in [1.54, 1.807) is 30.2 Å². The highest BCUT2D eigenvalue weighted by molar-refractivity contribution is 7.89. The van der Waals surface area contributed by atoms with Gasteiger partial charge in [-0.3, -0.25) is 0 Å². The van der Waals surface area contributed by atoms with Gasteiger partial charge in [-0.1, -0.05) is 13.0 Å². The number of hydrogen-bond acceptors (Lipinski definition) is 6. The Labute approximate surface area is 222 Å². The summed E-state index contributed by atoms with van der Waals surface area (Å²) in [5.41, 5.74) is 2.06. The number of carbonyl (C=O) groups is 1. The van der Waals surface area contributed by atoms with Gasteiger partial charge in [0.2, 0.25) is 10.0 Å². The van der Waals surface area contributed by atoms with Crippen molar-refractivity contribution >= 4 is 27.0 Å². The van der Waals surface area contributed by atoms with Crippen molar-refractivity contribution in [2.45, 2.75) is 29.7 Å². The Morgan fingerprint density at radius 3 is 2.47 bits per heavy atom. The molecule has 2 aliphatic heterocycles. The zero-order valence-electron chi connectivity index (χ0n) is 22.1. The number of rotatable bonds is 7. The number of fused-ring (bicyclic) bond motifs is 4. The number of carbonyl (C=O) groups excluding carboxylic acids is 1. The molecule has 10 nitrogen and oxygen atoms in total. The third-order valence-corrected chi connectivity index (χ3v) is 9.53. The topological polar surface area (TPSA) is 113 Å². The highest BCUT2D eigenvalue weighted by Gasteiger charge is 2.57. The number of aromatic nitrogens is 1. The SMILES string of the molecule is CCCNC(=O)N1CC2(CN(S(=O)(=O)c3cccc(OC)c3)C2)c2c(n(C)c3cc(OC)ccc23)[C@H]1CO. The van der Waals surface area contributed by atoms with Crippen LogP contribution in [0.15, 0.2) is 47.4 Å². The number of aliphatic hydroxyl groups excluding tert-OH is 1. The smallest absolute Gasteiger partial charge is 0.318 e. The molecule has 2 aliphatic rings. The number of nitrogens with zero attached hydrogens (tertiary/aromatic N) is 3. The first kappa shape index (κ1) is 26.3. The summed E-state index contributed by atoms with van der Waals surface area (Å²) < 4.78 is 41.3. The first-order chi connectivity index (χ1) is 18.2. The van der Waals surface area contributed by atoms with Crippen LogP contribution in [0.1, 0.15) is 30.6 Å². The quantitative estimate of drug-likeness (QED) is 0.475. The van der Waals surface area contributed by atoms with Crippen molar-refractivity contribution in [2.75, 3.05) is 47.0 Å². The van der Waals surface area contributed by atoms with Gasteiger partial charge in [0, 0.05) is 61.9 Å². The summed E-state index contributed by atoms with van der Waals surface area (Å²) >= 11 is 0. The Morgan fingerprint density at radius 2 is 1.82 bits per heavy atom. The minimum absolute atomic E-state index is 0.163. The van der Waals surface area contributed by atoms with Crippen LogP contribution in [0.2, 0.25) is 0 Å². The molecule has 1 saturated heterocycles. The summed E-state index contributed by atoms with van der Waals surface area (Å²) in [7, 11) is 1.23. The predicted molar refractivity (Wildman–Crippen MR) is 143 cm³/mol. The van der Waals surface area contributed by atoms with Gasteiger partial charge in [-0.15, -0.1) is 0 Å². The van der Waals surface area contributed by atoms with E-state index < -0.39 is 21.5 Å². The van der Waals surface area contributed by atoms with Crippen molar-refractivity contribution in [3.63, 3.8) is 0 Å². The first-order valence-corrected chi connectivity index (χ1v) is 14.1. The normalized spacial score (nSPS) is 18.8. The van der Waals surface area contributed by atoms with Crippen molar-refractivity contribution in [3.05, 3.63) is 53.7 Å². The molecule has 2 aromatic carbocycles. The van der Waals surface area contributed by atoms with Crippen molar-refractivity contribution in [1.29, 1.82) is 0 Å². The van der Waals surface area contributed by atoms with Crippen molar-refractivity contribution < 1.29 is 27.8 Å². The van der Waals surface area contributed by atoms with Crippen LogP contribution in [0, 0.1) is 0 Å². The molecule has 0 radical (unpaired) electrons. The number of sulfonamides is 1. The van der Waals surface area contributed by atoms with Crippen molar-refractivity contribution in [1.82, 2.24) is 19.1 Å². The van der Waals surface area contributed by atoms with Crippen LogP contribution < -0.4 is 14.8 Å². The predicted octanol–water partition coefficient (Wildman–Crippen LogP) is 2.61. The van der Waals surface area contributed by atoms with Gasteiger partial charge < -0.3 is 29.4 Å². The van der Waals surface area contributed by atoms with Crippen LogP contribution in [-0.2, 0) is 22.5 Å². The number of hydrogen-bond donors (Lipinski definition) is 2. The van der Waals surface area contributed by atoms with Gasteiger partial charge in [-0.25, -0.2) is 13.2 Å². The van der Waals surface area contributed by atoms with Gasteiger partial charge in [0.05, 0.1) is 37.3 Å². The average molecular weight is 543 g/mol. The van der Waals surface area contributed by atoms with E-state index in [9.17, 15) is 18.3 Å². The summed E-state index contributed by atoms with van der Waals surface area (Å²) in [6.45, 7) is 2.94. The molecule has 1 atom stereocenters. The van der Waals surface area contributed by atoms with E-state index in [0.717, 1.165) is 28.6 Å². The Kier molecular flexibility index (Phi) is 6.79. The molecule has 0 bridgehead atoms. The standard InChI is InChI=1S/C27H34N4O6S/c1-5-11-28-26(33)31-17-27(15-30(16-27)38(34,35)20-8-6-7-18(12-20)36-3)24-21-10-9-19(37-4)13-22(21)29(2)25(24)23(31)14-32/h6-10,12-13,23,32H,5,11,14-17H2,1-4H3,(H,28,33)/t23-/m1/s1. The molecular weight excluding hydrogens is 508 g/mol. The Bertz CT molecular complexity index is 1480. The molecule has 3 heterocycles. The Morgan fingerprint density at radius 1 is 1.11 bits per heavy atom. The monoisotopic (exact) mass is 542 g/mol. The maximum absolute atomic E-state index is 13.6. The van der Waals surface area contributed by atoms with E-state index in [4.69, 9.17) is 9.47 Å². The molecule has 0 saturated carbocycles. The number of benzene rings is 2. The zero-order valence-corrected chi connectivity index (χ0v) is 22.9. The van der Waals surface area contributed by atoms with E-state index in [-0.39, 0.29) is 37.2 Å². The molecule has 204 valence electrons. The number of aliphatic hydroxyl groups is 1. The molecule has 1 spiro atoms. The minimum Gasteiger partial charge on any atom is -0.497 e. The fourth-order valence-electron chi connectivity index (χ4n) is 5.87. The van der Waals surface area contributed by atoms with Crippen LogP contribution in [0.5, 0.6) is 11.5 Å². The van der Waals surface area contributed by atoms with E-state index in [2.05, 4.69) is 5.32 Å². The lowest BCUT2D eigenvalue weighted by Gasteiger charge is -2.55. The molecule has 0 aliphatic carbocycles. The fourth-order valence-corrected chi connectivity index (χ4v) is 7.52. The second kappa shape index (κ2) is 9.79. The summed E-state index contributed by atoms with van der Waals surface area (Å²) in [4.78, 5) is 15.1. The number of aryl methyl sites for hydroxylation is 1. The minimum atomic E-state index is -3.78. The summed E-state index contributed by atoms with van der Waals surface area (Å²) in [5, 5.41) is 14.4. The second-order valence-electron chi connectivity index (χ2n) is 9.99. The third kappa shape index (κ3) is 4.00. The number of ether oxygens (including phenoxy) is 2. The van der Waals surface area contributed by atoms with E-state index >= 15 is 0 Å². The number of amides is 2. The van der Waals surface area contributed by atoms with Crippen molar-refractivity contribution in [2.24, 2.45) is 7.05 Å². The highest BCUT2D eigenvalue weighted by Crippen LogP contribution is 2.50. The third-order valence-electron chi connectivity index (χ3n) is 7.75. The highest BCUT2D eigenvalue weighted by atomic mass is 32.2. The summed E-state index contributed by atoms with van der Waals surface area (Å²) in [6, 6.07) is 11.4. The molecular formula is C27H34N4O6S. The number of methoxy groups -OCH3 is 2. The van der Waals surface area contributed by atoms with E-state index in [1.807, 2.05) is 36.7 Å². The van der Waals surface area contributed by atoms with E-state index in [0.29, 0.717) is 18.0 Å². The lowest BCUT2D eigenvalue weighted by atomic mass is 9.70. The first-order valence-electron chi connectivity index (χ1n) is 12.7. The van der Waals surface area contributed by atoms with Gasteiger partial charge >= 0.3 is 6.03 Å². The van der Waals surface area contributed by atoms with Crippen LogP contribution in [0.25, 0.3) is 10.9 Å². The van der Waals surface area contributed by atoms with Gasteiger partial charge in [0.25, 0.3) is 0 Å². The molecule has 38 heavy (non-hydrogen) atoms.